The topological polar surface area (TPSA) is 91.4 Å². The average Bonchev–Trinajstić information content (AvgIpc) is 3.26. The van der Waals surface area contributed by atoms with E-state index in [0.29, 0.717) is 11.6 Å². The van der Waals surface area contributed by atoms with Gasteiger partial charge in [-0.3, -0.25) is 5.10 Å². The second kappa shape index (κ2) is 9.75. The standard InChI is InChI=1S/C23H25N7O2S/c1-16-7-3-4-8-17(16)22-24-20(25-23-18-9-5-6-10-19(18)27-28-23)15-21(26-22)29-11-13-30(14-12-29)33-32-31-2/h3-10,15H,11-14H2,1-2H3,(H2,24,25,26,27,28). The molecule has 5 rings (SSSR count). The molecular weight excluding hydrogens is 438 g/mol. The van der Waals surface area contributed by atoms with Gasteiger partial charge in [0.05, 0.1) is 12.6 Å². The Morgan fingerprint density at radius 2 is 1.79 bits per heavy atom. The van der Waals surface area contributed by atoms with Crippen molar-refractivity contribution in [3.8, 4) is 11.4 Å². The molecule has 1 fully saturated rings. The van der Waals surface area contributed by atoms with Gasteiger partial charge < -0.3 is 10.2 Å². The molecule has 2 N–H and O–H groups in total. The van der Waals surface area contributed by atoms with E-state index < -0.39 is 0 Å². The molecule has 10 heteroatoms. The Labute approximate surface area is 196 Å². The molecule has 0 spiro atoms. The molecule has 0 amide bonds. The van der Waals surface area contributed by atoms with Crippen molar-refractivity contribution in [1.29, 1.82) is 0 Å². The fourth-order valence-electron chi connectivity index (χ4n) is 3.85. The van der Waals surface area contributed by atoms with E-state index in [1.54, 1.807) is 0 Å². The third-order valence-electron chi connectivity index (χ3n) is 5.58. The van der Waals surface area contributed by atoms with E-state index in [0.717, 1.165) is 59.8 Å². The molecule has 170 valence electrons. The highest BCUT2D eigenvalue weighted by molar-refractivity contribution is 7.92. The summed E-state index contributed by atoms with van der Waals surface area (Å²) in [4.78, 5) is 16.7. The molecule has 1 saturated heterocycles. The van der Waals surface area contributed by atoms with E-state index in [-0.39, 0.29) is 0 Å². The number of fused-ring (bicyclic) bond motifs is 1. The Balaban J connectivity index is 1.47. The number of para-hydroxylation sites is 1. The molecular formula is C23H25N7O2S. The highest BCUT2D eigenvalue weighted by atomic mass is 32.2. The average molecular weight is 464 g/mol. The van der Waals surface area contributed by atoms with Crippen LogP contribution >= 0.6 is 12.2 Å². The fraction of sp³-hybridized carbons (Fsp3) is 0.261. The number of anilines is 3. The number of hydrogen-bond donors (Lipinski definition) is 2. The summed E-state index contributed by atoms with van der Waals surface area (Å²) < 4.78 is 7.12. The largest absolute Gasteiger partial charge is 0.354 e. The smallest absolute Gasteiger partial charge is 0.164 e. The van der Waals surface area contributed by atoms with Gasteiger partial charge >= 0.3 is 0 Å². The van der Waals surface area contributed by atoms with Crippen molar-refractivity contribution in [2.24, 2.45) is 0 Å². The maximum absolute atomic E-state index is 5.00. The van der Waals surface area contributed by atoms with Crippen molar-refractivity contribution in [3.05, 3.63) is 60.2 Å². The first-order chi connectivity index (χ1) is 16.2. The molecule has 33 heavy (non-hydrogen) atoms. The summed E-state index contributed by atoms with van der Waals surface area (Å²) in [6.07, 6.45) is 0. The van der Waals surface area contributed by atoms with E-state index in [2.05, 4.69) is 43.8 Å². The summed E-state index contributed by atoms with van der Waals surface area (Å²) in [6.45, 7) is 5.35. The molecule has 2 aromatic carbocycles. The lowest BCUT2D eigenvalue weighted by atomic mass is 10.1. The van der Waals surface area contributed by atoms with Crippen LogP contribution in [0.4, 0.5) is 17.5 Å². The Hall–Kier alpha value is -3.18. The summed E-state index contributed by atoms with van der Waals surface area (Å²) in [5.74, 6) is 3.01. The van der Waals surface area contributed by atoms with Gasteiger partial charge in [0.2, 0.25) is 0 Å². The Morgan fingerprint density at radius 3 is 2.61 bits per heavy atom. The Kier molecular flexibility index (Phi) is 6.40. The van der Waals surface area contributed by atoms with Gasteiger partial charge in [0.1, 0.15) is 23.9 Å². The summed E-state index contributed by atoms with van der Waals surface area (Å²) in [6, 6.07) is 18.2. The van der Waals surface area contributed by atoms with Gasteiger partial charge in [-0.2, -0.15) is 5.10 Å². The number of nitrogens with one attached hydrogen (secondary N) is 2. The van der Waals surface area contributed by atoms with Crippen molar-refractivity contribution in [1.82, 2.24) is 24.5 Å². The third-order valence-corrected chi connectivity index (χ3v) is 6.35. The lowest BCUT2D eigenvalue weighted by Gasteiger charge is -2.33. The van der Waals surface area contributed by atoms with Gasteiger partial charge in [-0.05, 0) is 24.6 Å². The first-order valence-electron chi connectivity index (χ1n) is 10.7. The number of hydrogen-bond acceptors (Lipinski definition) is 9. The number of aromatic nitrogens is 4. The van der Waals surface area contributed by atoms with Crippen LogP contribution in [0.5, 0.6) is 0 Å². The number of H-pyrrole nitrogens is 1. The maximum Gasteiger partial charge on any atom is 0.164 e. The highest BCUT2D eigenvalue weighted by Crippen LogP contribution is 2.29. The van der Waals surface area contributed by atoms with Crippen LogP contribution in [0.15, 0.2) is 54.6 Å². The number of piperazine rings is 1. The minimum absolute atomic E-state index is 0.687. The van der Waals surface area contributed by atoms with Crippen LogP contribution in [0.3, 0.4) is 0 Å². The number of nitrogens with zero attached hydrogens (tertiary/aromatic N) is 5. The van der Waals surface area contributed by atoms with E-state index in [1.165, 1.54) is 19.3 Å². The van der Waals surface area contributed by atoms with Crippen molar-refractivity contribution in [2.75, 3.05) is 43.5 Å². The summed E-state index contributed by atoms with van der Waals surface area (Å²) in [5.41, 5.74) is 3.11. The summed E-state index contributed by atoms with van der Waals surface area (Å²) in [7, 11) is 1.51. The zero-order valence-corrected chi connectivity index (χ0v) is 19.3. The molecule has 9 nitrogen and oxygen atoms in total. The molecule has 0 aliphatic carbocycles. The van der Waals surface area contributed by atoms with E-state index >= 15 is 0 Å². The Bertz CT molecular complexity index is 1240. The second-order valence-corrected chi connectivity index (χ2v) is 8.52. The minimum atomic E-state index is 0.687. The first kappa shape index (κ1) is 21.7. The van der Waals surface area contributed by atoms with E-state index in [4.69, 9.17) is 19.2 Å². The van der Waals surface area contributed by atoms with Crippen molar-refractivity contribution < 1.29 is 9.22 Å². The predicted octanol–water partition coefficient (Wildman–Crippen LogP) is 4.34. The van der Waals surface area contributed by atoms with Crippen LogP contribution in [0, 0.1) is 6.92 Å². The van der Waals surface area contributed by atoms with Gasteiger partial charge in [0.25, 0.3) is 0 Å². The van der Waals surface area contributed by atoms with Crippen molar-refractivity contribution >= 4 is 40.6 Å². The Morgan fingerprint density at radius 1 is 1.00 bits per heavy atom. The molecule has 4 aromatic rings. The molecule has 0 atom stereocenters. The van der Waals surface area contributed by atoms with Crippen LogP contribution in [-0.4, -0.2) is 57.8 Å². The summed E-state index contributed by atoms with van der Waals surface area (Å²) >= 11 is 1.23. The lowest BCUT2D eigenvalue weighted by molar-refractivity contribution is -0.163. The summed E-state index contributed by atoms with van der Waals surface area (Å²) in [5, 5.41) is 11.9. The molecule has 3 heterocycles. The van der Waals surface area contributed by atoms with Crippen molar-refractivity contribution in [3.63, 3.8) is 0 Å². The van der Waals surface area contributed by atoms with Crippen molar-refractivity contribution in [2.45, 2.75) is 6.92 Å². The SMILES string of the molecule is COOSN1CCN(c2cc(Nc3n[nH]c4ccccc34)nc(-c3ccccc3C)n2)CC1. The number of aromatic amines is 1. The zero-order valence-electron chi connectivity index (χ0n) is 18.5. The lowest BCUT2D eigenvalue weighted by Crippen LogP contribution is -2.44. The normalized spacial score (nSPS) is 14.7. The molecule has 1 aliphatic heterocycles. The predicted molar refractivity (Wildman–Crippen MR) is 131 cm³/mol. The molecule has 0 unspecified atom stereocenters. The van der Waals surface area contributed by atoms with E-state index in [9.17, 15) is 0 Å². The van der Waals surface area contributed by atoms with Gasteiger partial charge in [-0.1, -0.05) is 36.4 Å². The van der Waals surface area contributed by atoms with Crippen LogP contribution in [0.25, 0.3) is 22.3 Å². The van der Waals surface area contributed by atoms with Crippen LogP contribution in [0.2, 0.25) is 0 Å². The second-order valence-electron chi connectivity index (χ2n) is 7.72. The van der Waals surface area contributed by atoms with Gasteiger partial charge in [-0.25, -0.2) is 19.2 Å². The fourth-order valence-corrected chi connectivity index (χ4v) is 4.31. The number of rotatable bonds is 7. The molecule has 0 saturated carbocycles. The molecule has 1 aliphatic rings. The van der Waals surface area contributed by atoms with Crippen LogP contribution in [-0.2, 0) is 9.22 Å². The number of aryl methyl sites for hydroxylation is 1. The van der Waals surface area contributed by atoms with E-state index in [1.807, 2.05) is 42.5 Å². The van der Waals surface area contributed by atoms with Gasteiger partial charge in [-0.15, -0.1) is 4.33 Å². The third kappa shape index (κ3) is 4.79. The van der Waals surface area contributed by atoms with Gasteiger partial charge in [0.15, 0.2) is 11.6 Å². The maximum atomic E-state index is 5.00. The highest BCUT2D eigenvalue weighted by Gasteiger charge is 2.21. The molecule has 2 aromatic heterocycles. The number of benzene rings is 2. The molecule has 0 radical (unpaired) electrons. The van der Waals surface area contributed by atoms with Gasteiger partial charge in [0, 0.05) is 43.2 Å². The monoisotopic (exact) mass is 463 g/mol. The first-order valence-corrected chi connectivity index (χ1v) is 11.4. The van der Waals surface area contributed by atoms with Crippen LogP contribution in [0.1, 0.15) is 5.56 Å². The zero-order chi connectivity index (χ0) is 22.6. The van der Waals surface area contributed by atoms with Crippen LogP contribution < -0.4 is 10.2 Å². The minimum Gasteiger partial charge on any atom is -0.354 e. The molecule has 0 bridgehead atoms. The quantitative estimate of drug-likeness (QED) is 0.180.